The standard InChI is InChI=1S/C12H18N2O3/c1-8(2)14(7-6-13)12(17)9-4-3-5-10(15)11(9)16/h3-5,8,15-16H,6-7,13H2,1-2H3. The fraction of sp³-hybridized carbons (Fsp3) is 0.417. The molecule has 0 atom stereocenters. The number of para-hydroxylation sites is 1. The summed E-state index contributed by atoms with van der Waals surface area (Å²) in [6, 6.07) is 4.30. The third-order valence-corrected chi connectivity index (χ3v) is 2.50. The molecule has 0 fully saturated rings. The highest BCUT2D eigenvalue weighted by atomic mass is 16.3. The molecule has 1 aromatic carbocycles. The van der Waals surface area contributed by atoms with Gasteiger partial charge in [0.2, 0.25) is 0 Å². The van der Waals surface area contributed by atoms with Crippen LogP contribution in [0, 0.1) is 0 Å². The maximum absolute atomic E-state index is 12.1. The SMILES string of the molecule is CC(C)N(CCN)C(=O)c1cccc(O)c1O. The average molecular weight is 238 g/mol. The quantitative estimate of drug-likeness (QED) is 0.680. The van der Waals surface area contributed by atoms with Crippen LogP contribution in [0.25, 0.3) is 0 Å². The number of amides is 1. The molecule has 5 nitrogen and oxygen atoms in total. The first-order valence-corrected chi connectivity index (χ1v) is 5.51. The van der Waals surface area contributed by atoms with E-state index in [2.05, 4.69) is 0 Å². The first-order valence-electron chi connectivity index (χ1n) is 5.51. The number of carbonyl (C=O) groups is 1. The smallest absolute Gasteiger partial charge is 0.258 e. The normalized spacial score (nSPS) is 10.6. The molecule has 0 aromatic heterocycles. The lowest BCUT2D eigenvalue weighted by Gasteiger charge is -2.26. The summed E-state index contributed by atoms with van der Waals surface area (Å²) in [6.07, 6.45) is 0. The number of phenols is 2. The molecule has 0 saturated carbocycles. The molecule has 1 amide bonds. The summed E-state index contributed by atoms with van der Waals surface area (Å²) in [5.74, 6) is -1.02. The van der Waals surface area contributed by atoms with Crippen molar-refractivity contribution in [3.05, 3.63) is 23.8 Å². The third kappa shape index (κ3) is 2.88. The summed E-state index contributed by atoms with van der Waals surface area (Å²) in [4.78, 5) is 13.7. The van der Waals surface area contributed by atoms with Crippen LogP contribution >= 0.6 is 0 Å². The predicted molar refractivity (Wildman–Crippen MR) is 65.0 cm³/mol. The molecule has 0 spiro atoms. The molecule has 0 aliphatic rings. The fourth-order valence-corrected chi connectivity index (χ4v) is 1.59. The van der Waals surface area contributed by atoms with Gasteiger partial charge in [0.1, 0.15) is 0 Å². The van der Waals surface area contributed by atoms with E-state index in [0.717, 1.165) is 0 Å². The van der Waals surface area contributed by atoms with Gasteiger partial charge in [0.25, 0.3) is 5.91 Å². The van der Waals surface area contributed by atoms with E-state index in [1.54, 1.807) is 4.90 Å². The van der Waals surface area contributed by atoms with Crippen molar-refractivity contribution < 1.29 is 15.0 Å². The van der Waals surface area contributed by atoms with Crippen molar-refractivity contribution in [1.29, 1.82) is 0 Å². The number of carbonyl (C=O) groups excluding carboxylic acids is 1. The van der Waals surface area contributed by atoms with Gasteiger partial charge in [0, 0.05) is 19.1 Å². The minimum absolute atomic E-state index is 0.0206. The number of hydrogen-bond donors (Lipinski definition) is 3. The molecule has 0 saturated heterocycles. The number of nitrogens with two attached hydrogens (primary N) is 1. The maximum Gasteiger partial charge on any atom is 0.258 e. The van der Waals surface area contributed by atoms with Crippen LogP contribution in [0.4, 0.5) is 0 Å². The minimum Gasteiger partial charge on any atom is -0.504 e. The number of hydrogen-bond acceptors (Lipinski definition) is 4. The Bertz CT molecular complexity index is 405. The molecule has 0 radical (unpaired) electrons. The zero-order chi connectivity index (χ0) is 13.0. The number of benzene rings is 1. The Morgan fingerprint density at radius 1 is 1.41 bits per heavy atom. The van der Waals surface area contributed by atoms with Gasteiger partial charge in [-0.15, -0.1) is 0 Å². The van der Waals surface area contributed by atoms with Crippen LogP contribution in [0.2, 0.25) is 0 Å². The van der Waals surface area contributed by atoms with Gasteiger partial charge in [-0.2, -0.15) is 0 Å². The van der Waals surface area contributed by atoms with Crippen LogP contribution in [-0.4, -0.2) is 40.2 Å². The van der Waals surface area contributed by atoms with Crippen molar-refractivity contribution in [2.75, 3.05) is 13.1 Å². The Morgan fingerprint density at radius 3 is 2.59 bits per heavy atom. The molecule has 17 heavy (non-hydrogen) atoms. The van der Waals surface area contributed by atoms with Gasteiger partial charge in [-0.05, 0) is 26.0 Å². The first-order chi connectivity index (χ1) is 7.99. The third-order valence-electron chi connectivity index (χ3n) is 2.50. The Morgan fingerprint density at radius 2 is 2.06 bits per heavy atom. The van der Waals surface area contributed by atoms with Crippen molar-refractivity contribution in [2.24, 2.45) is 5.73 Å². The van der Waals surface area contributed by atoms with Crippen LogP contribution in [0.3, 0.4) is 0 Å². The Kier molecular flexibility index (Phi) is 4.34. The molecule has 0 heterocycles. The van der Waals surface area contributed by atoms with Gasteiger partial charge in [0.05, 0.1) is 5.56 Å². The van der Waals surface area contributed by atoms with E-state index in [4.69, 9.17) is 5.73 Å². The van der Waals surface area contributed by atoms with Gasteiger partial charge in [-0.3, -0.25) is 4.79 Å². The lowest BCUT2D eigenvalue weighted by molar-refractivity contribution is 0.0708. The Balaban J connectivity index is 3.05. The minimum atomic E-state index is -0.389. The predicted octanol–water partition coefficient (Wildman–Crippen LogP) is 0.907. The number of nitrogens with zero attached hydrogens (tertiary/aromatic N) is 1. The molecule has 1 aromatic rings. The molecule has 0 aliphatic heterocycles. The Labute approximate surface area is 100 Å². The van der Waals surface area contributed by atoms with Crippen molar-refractivity contribution >= 4 is 5.91 Å². The molecule has 94 valence electrons. The van der Waals surface area contributed by atoms with E-state index in [1.165, 1.54) is 18.2 Å². The second kappa shape index (κ2) is 5.54. The molecular formula is C12H18N2O3. The second-order valence-electron chi connectivity index (χ2n) is 4.05. The number of rotatable bonds is 4. The topological polar surface area (TPSA) is 86.8 Å². The molecule has 0 unspecified atom stereocenters. The van der Waals surface area contributed by atoms with Crippen molar-refractivity contribution in [3.63, 3.8) is 0 Å². The second-order valence-corrected chi connectivity index (χ2v) is 4.05. The first kappa shape index (κ1) is 13.3. The van der Waals surface area contributed by atoms with E-state index in [9.17, 15) is 15.0 Å². The monoisotopic (exact) mass is 238 g/mol. The molecule has 0 aliphatic carbocycles. The van der Waals surface area contributed by atoms with E-state index in [0.29, 0.717) is 13.1 Å². The largest absolute Gasteiger partial charge is 0.504 e. The highest BCUT2D eigenvalue weighted by Crippen LogP contribution is 2.29. The highest BCUT2D eigenvalue weighted by molar-refractivity contribution is 5.97. The number of aromatic hydroxyl groups is 2. The van der Waals surface area contributed by atoms with Crippen molar-refractivity contribution in [1.82, 2.24) is 4.90 Å². The van der Waals surface area contributed by atoms with Crippen LogP contribution in [0.1, 0.15) is 24.2 Å². The van der Waals surface area contributed by atoms with E-state index < -0.39 is 0 Å². The van der Waals surface area contributed by atoms with Crippen LogP contribution < -0.4 is 5.73 Å². The van der Waals surface area contributed by atoms with E-state index in [-0.39, 0.29) is 29.0 Å². The lowest BCUT2D eigenvalue weighted by Crippen LogP contribution is -2.40. The van der Waals surface area contributed by atoms with Gasteiger partial charge >= 0.3 is 0 Å². The lowest BCUT2D eigenvalue weighted by atomic mass is 10.1. The summed E-state index contributed by atoms with van der Waals surface area (Å²) in [7, 11) is 0. The molecule has 0 bridgehead atoms. The summed E-state index contributed by atoms with van der Waals surface area (Å²) >= 11 is 0. The van der Waals surface area contributed by atoms with E-state index >= 15 is 0 Å². The summed E-state index contributed by atoms with van der Waals surface area (Å²) in [6.45, 7) is 4.50. The maximum atomic E-state index is 12.1. The van der Waals surface area contributed by atoms with Crippen molar-refractivity contribution in [3.8, 4) is 11.5 Å². The van der Waals surface area contributed by atoms with E-state index in [1.807, 2.05) is 13.8 Å². The molecule has 4 N–H and O–H groups in total. The molecule has 1 rings (SSSR count). The molecule has 5 heteroatoms. The summed E-state index contributed by atoms with van der Waals surface area (Å²) < 4.78 is 0. The average Bonchev–Trinajstić information content (AvgIpc) is 2.28. The van der Waals surface area contributed by atoms with Gasteiger partial charge in [0.15, 0.2) is 11.5 Å². The summed E-state index contributed by atoms with van der Waals surface area (Å²) in [5.41, 5.74) is 5.54. The van der Waals surface area contributed by atoms with Gasteiger partial charge in [-0.1, -0.05) is 6.07 Å². The zero-order valence-electron chi connectivity index (χ0n) is 10.1. The number of phenolic OH excluding ortho intramolecular Hbond substituents is 2. The fourth-order valence-electron chi connectivity index (χ4n) is 1.59. The van der Waals surface area contributed by atoms with Crippen LogP contribution in [0.15, 0.2) is 18.2 Å². The van der Waals surface area contributed by atoms with Gasteiger partial charge < -0.3 is 20.8 Å². The van der Waals surface area contributed by atoms with Gasteiger partial charge in [-0.25, -0.2) is 0 Å². The summed E-state index contributed by atoms with van der Waals surface area (Å²) in [5, 5.41) is 19.0. The van der Waals surface area contributed by atoms with Crippen molar-refractivity contribution in [2.45, 2.75) is 19.9 Å². The van der Waals surface area contributed by atoms with Crippen LogP contribution in [-0.2, 0) is 0 Å². The highest BCUT2D eigenvalue weighted by Gasteiger charge is 2.21. The van der Waals surface area contributed by atoms with Crippen LogP contribution in [0.5, 0.6) is 11.5 Å². The zero-order valence-corrected chi connectivity index (χ0v) is 10.1. The Hall–Kier alpha value is -1.75. The molecular weight excluding hydrogens is 220 g/mol.